The zero-order valence-electron chi connectivity index (χ0n) is 7.86. The Kier molecular flexibility index (Phi) is 3.63. The Morgan fingerprint density at radius 2 is 2.33 bits per heavy atom. The van der Waals surface area contributed by atoms with E-state index in [1.54, 1.807) is 0 Å². The first kappa shape index (κ1) is 11.5. The first-order valence-electron chi connectivity index (χ1n) is 3.98. The summed E-state index contributed by atoms with van der Waals surface area (Å²) in [5, 5.41) is 19.2. The highest BCUT2D eigenvalue weighted by Gasteiger charge is 2.17. The van der Waals surface area contributed by atoms with Crippen molar-refractivity contribution >= 4 is 21.6 Å². The van der Waals surface area contributed by atoms with E-state index in [-0.39, 0.29) is 17.9 Å². The number of rotatable bonds is 3. The molecule has 0 aromatic heterocycles. The number of ether oxygens (including phenoxy) is 1. The van der Waals surface area contributed by atoms with Crippen molar-refractivity contribution in [2.24, 2.45) is 0 Å². The van der Waals surface area contributed by atoms with Gasteiger partial charge in [0.25, 0.3) is 0 Å². The van der Waals surface area contributed by atoms with Crippen molar-refractivity contribution in [3.05, 3.63) is 32.3 Å². The van der Waals surface area contributed by atoms with E-state index < -0.39 is 4.92 Å². The number of nitriles is 1. The van der Waals surface area contributed by atoms with Crippen LogP contribution in [0.1, 0.15) is 5.56 Å². The molecule has 6 heteroatoms. The fourth-order valence-corrected chi connectivity index (χ4v) is 1.58. The summed E-state index contributed by atoms with van der Waals surface area (Å²) in [4.78, 5) is 10.1. The summed E-state index contributed by atoms with van der Waals surface area (Å²) in [6.45, 7) is 0. The third-order valence-corrected chi connectivity index (χ3v) is 2.55. The zero-order chi connectivity index (χ0) is 11.4. The predicted octanol–water partition coefficient (Wildman–Crippen LogP) is 2.43. The van der Waals surface area contributed by atoms with E-state index in [4.69, 9.17) is 10.00 Å². The third kappa shape index (κ3) is 2.44. The van der Waals surface area contributed by atoms with Gasteiger partial charge in [-0.25, -0.2) is 0 Å². The Labute approximate surface area is 94.6 Å². The predicted molar refractivity (Wildman–Crippen MR) is 56.7 cm³/mol. The van der Waals surface area contributed by atoms with Gasteiger partial charge in [-0.1, -0.05) is 15.9 Å². The van der Waals surface area contributed by atoms with Gasteiger partial charge in [-0.15, -0.1) is 0 Å². The Bertz CT molecular complexity index is 440. The van der Waals surface area contributed by atoms with Gasteiger partial charge in [0.05, 0.1) is 24.5 Å². The topological polar surface area (TPSA) is 76.2 Å². The van der Waals surface area contributed by atoms with Crippen LogP contribution >= 0.6 is 15.9 Å². The molecule has 0 saturated heterocycles. The summed E-state index contributed by atoms with van der Waals surface area (Å²) in [5.41, 5.74) is 0.441. The van der Waals surface area contributed by atoms with Crippen molar-refractivity contribution in [2.45, 2.75) is 6.42 Å². The molecule has 0 amide bonds. The smallest absolute Gasteiger partial charge is 0.311 e. The molecule has 0 bridgehead atoms. The summed E-state index contributed by atoms with van der Waals surface area (Å²) in [6, 6.07) is 4.77. The summed E-state index contributed by atoms with van der Waals surface area (Å²) >= 11 is 3.22. The molecule has 15 heavy (non-hydrogen) atoms. The zero-order valence-corrected chi connectivity index (χ0v) is 9.44. The van der Waals surface area contributed by atoms with Crippen molar-refractivity contribution in [2.75, 3.05) is 7.11 Å². The molecular formula is C9H7BrN2O3. The van der Waals surface area contributed by atoms with Gasteiger partial charge >= 0.3 is 5.69 Å². The summed E-state index contributed by atoms with van der Waals surface area (Å²) < 4.78 is 5.50. The molecule has 0 N–H and O–H groups in total. The number of nitro groups is 1. The number of nitrogens with zero attached hydrogens (tertiary/aromatic N) is 2. The molecular weight excluding hydrogens is 264 g/mol. The molecule has 1 rings (SSSR count). The average molecular weight is 271 g/mol. The normalized spacial score (nSPS) is 9.40. The summed E-state index contributed by atoms with van der Waals surface area (Å²) in [5.74, 6) is 0.175. The van der Waals surface area contributed by atoms with Crippen LogP contribution in [0.5, 0.6) is 5.75 Å². The molecule has 0 aliphatic carbocycles. The molecule has 1 aromatic carbocycles. The summed E-state index contributed by atoms with van der Waals surface area (Å²) in [6.07, 6.45) is 0.116. The quantitative estimate of drug-likeness (QED) is 0.624. The largest absolute Gasteiger partial charge is 0.490 e. The number of benzene rings is 1. The van der Waals surface area contributed by atoms with Crippen molar-refractivity contribution in [1.82, 2.24) is 0 Å². The molecule has 0 spiro atoms. The third-order valence-electron chi connectivity index (χ3n) is 1.81. The molecule has 0 unspecified atom stereocenters. The van der Waals surface area contributed by atoms with Crippen LogP contribution < -0.4 is 4.74 Å². The molecule has 0 radical (unpaired) electrons. The van der Waals surface area contributed by atoms with Gasteiger partial charge in [0.2, 0.25) is 0 Å². The van der Waals surface area contributed by atoms with E-state index in [1.165, 1.54) is 19.2 Å². The van der Waals surface area contributed by atoms with Crippen molar-refractivity contribution in [3.63, 3.8) is 0 Å². The van der Waals surface area contributed by atoms with Gasteiger partial charge in [-0.3, -0.25) is 10.1 Å². The van der Waals surface area contributed by atoms with Crippen LogP contribution in [0.25, 0.3) is 0 Å². The average Bonchev–Trinajstić information content (AvgIpc) is 2.20. The highest BCUT2D eigenvalue weighted by molar-refractivity contribution is 9.10. The van der Waals surface area contributed by atoms with E-state index in [1.807, 2.05) is 6.07 Å². The molecule has 0 fully saturated rings. The molecule has 0 atom stereocenters. The second kappa shape index (κ2) is 4.75. The van der Waals surface area contributed by atoms with E-state index in [2.05, 4.69) is 15.9 Å². The second-order valence-electron chi connectivity index (χ2n) is 2.71. The molecule has 1 aromatic rings. The lowest BCUT2D eigenvalue weighted by molar-refractivity contribution is -0.385. The van der Waals surface area contributed by atoms with E-state index in [0.29, 0.717) is 10.0 Å². The molecule has 78 valence electrons. The lowest BCUT2D eigenvalue weighted by Gasteiger charge is -2.05. The number of nitro benzene ring substituents is 1. The van der Waals surface area contributed by atoms with Crippen LogP contribution in [-0.2, 0) is 6.42 Å². The van der Waals surface area contributed by atoms with Crippen LogP contribution in [0.4, 0.5) is 5.69 Å². The fraction of sp³-hybridized carbons (Fsp3) is 0.222. The maximum Gasteiger partial charge on any atom is 0.311 e. The highest BCUT2D eigenvalue weighted by atomic mass is 79.9. The van der Waals surface area contributed by atoms with Gasteiger partial charge in [-0.05, 0) is 5.56 Å². The minimum absolute atomic E-state index is 0.116. The maximum absolute atomic E-state index is 10.7. The lowest BCUT2D eigenvalue weighted by Crippen LogP contribution is -1.96. The Morgan fingerprint density at radius 3 is 2.80 bits per heavy atom. The highest BCUT2D eigenvalue weighted by Crippen LogP contribution is 2.33. The van der Waals surface area contributed by atoms with Crippen LogP contribution in [0, 0.1) is 21.4 Å². The molecule has 0 heterocycles. The standard InChI is InChI=1S/C9H7BrN2O3/c1-15-9-5-7(10)6(2-3-11)4-8(9)12(13)14/h4-5H,2H2,1H3. The Balaban J connectivity index is 3.31. The summed E-state index contributed by atoms with van der Waals surface area (Å²) in [7, 11) is 1.36. The minimum Gasteiger partial charge on any atom is -0.490 e. The number of hydrogen-bond acceptors (Lipinski definition) is 4. The number of halogens is 1. The van der Waals surface area contributed by atoms with Crippen molar-refractivity contribution in [1.29, 1.82) is 5.26 Å². The van der Waals surface area contributed by atoms with Crippen molar-refractivity contribution in [3.8, 4) is 11.8 Å². The van der Waals surface area contributed by atoms with Gasteiger partial charge in [0, 0.05) is 16.6 Å². The van der Waals surface area contributed by atoms with E-state index in [0.717, 1.165) is 0 Å². The molecule has 0 aliphatic rings. The first-order valence-corrected chi connectivity index (χ1v) is 4.77. The monoisotopic (exact) mass is 270 g/mol. The first-order chi connectivity index (χ1) is 7.10. The Hall–Kier alpha value is -1.61. The molecule has 5 nitrogen and oxygen atoms in total. The van der Waals surface area contributed by atoms with Crippen LogP contribution in [-0.4, -0.2) is 12.0 Å². The van der Waals surface area contributed by atoms with Gasteiger partial charge in [0.1, 0.15) is 0 Å². The maximum atomic E-state index is 10.7. The number of methoxy groups -OCH3 is 1. The van der Waals surface area contributed by atoms with Crippen molar-refractivity contribution < 1.29 is 9.66 Å². The molecule has 0 aliphatic heterocycles. The van der Waals surface area contributed by atoms with Gasteiger partial charge in [-0.2, -0.15) is 5.26 Å². The van der Waals surface area contributed by atoms with Gasteiger partial charge < -0.3 is 4.74 Å². The minimum atomic E-state index is -0.536. The van der Waals surface area contributed by atoms with Crippen LogP contribution in [0.3, 0.4) is 0 Å². The van der Waals surface area contributed by atoms with Gasteiger partial charge in [0.15, 0.2) is 5.75 Å². The second-order valence-corrected chi connectivity index (χ2v) is 3.56. The fourth-order valence-electron chi connectivity index (χ4n) is 1.11. The molecule has 0 saturated carbocycles. The SMILES string of the molecule is COc1cc(Br)c(CC#N)cc1[N+](=O)[O-]. The van der Waals surface area contributed by atoms with Crippen LogP contribution in [0.2, 0.25) is 0 Å². The number of hydrogen-bond donors (Lipinski definition) is 0. The Morgan fingerprint density at radius 1 is 1.67 bits per heavy atom. The van der Waals surface area contributed by atoms with Crippen LogP contribution in [0.15, 0.2) is 16.6 Å². The van der Waals surface area contributed by atoms with E-state index >= 15 is 0 Å². The van der Waals surface area contributed by atoms with E-state index in [9.17, 15) is 10.1 Å². The lowest BCUT2D eigenvalue weighted by atomic mass is 10.1.